The molecular formula is C12H22N2O5S. The molecule has 20 heavy (non-hydrogen) atoms. The third kappa shape index (κ3) is 5.36. The minimum absolute atomic E-state index is 0.0624. The number of hydrogen-bond acceptors (Lipinski definition) is 4. The van der Waals surface area contributed by atoms with Crippen LogP contribution in [0, 0.1) is 0 Å². The van der Waals surface area contributed by atoms with Crippen molar-refractivity contribution in [1.29, 1.82) is 0 Å². The summed E-state index contributed by atoms with van der Waals surface area (Å²) >= 11 is 0. The normalized spacial score (nSPS) is 19.9. The van der Waals surface area contributed by atoms with Gasteiger partial charge in [-0.25, -0.2) is 18.0 Å². The minimum atomic E-state index is -3.08. The Kier molecular flexibility index (Phi) is 6.25. The zero-order valence-corrected chi connectivity index (χ0v) is 12.5. The van der Waals surface area contributed by atoms with Crippen LogP contribution in [0.15, 0.2) is 0 Å². The number of carbonyl (C=O) groups is 2. The van der Waals surface area contributed by atoms with E-state index in [0.29, 0.717) is 25.8 Å². The lowest BCUT2D eigenvalue weighted by atomic mass is 10.1. The highest BCUT2D eigenvalue weighted by atomic mass is 32.2. The summed E-state index contributed by atoms with van der Waals surface area (Å²) in [5, 5.41) is 11.5. The number of unbranched alkanes of at least 4 members (excludes halogenated alkanes) is 1. The van der Waals surface area contributed by atoms with Gasteiger partial charge in [0.25, 0.3) is 0 Å². The van der Waals surface area contributed by atoms with Gasteiger partial charge in [-0.1, -0.05) is 19.8 Å². The molecule has 116 valence electrons. The van der Waals surface area contributed by atoms with Crippen LogP contribution >= 0.6 is 0 Å². The Morgan fingerprint density at radius 2 is 2.00 bits per heavy atom. The number of carboxylic acids is 1. The van der Waals surface area contributed by atoms with Crippen molar-refractivity contribution in [1.82, 2.24) is 10.2 Å². The average Bonchev–Trinajstić information content (AvgIpc) is 2.55. The van der Waals surface area contributed by atoms with Crippen molar-refractivity contribution in [2.24, 2.45) is 0 Å². The second-order valence-electron chi connectivity index (χ2n) is 4.97. The molecule has 1 aliphatic heterocycles. The second-order valence-corrected chi connectivity index (χ2v) is 7.28. The molecule has 0 radical (unpaired) electrons. The van der Waals surface area contributed by atoms with Gasteiger partial charge in [-0.05, 0) is 12.8 Å². The molecule has 0 saturated carbocycles. The number of carbonyl (C=O) groups excluding carboxylic acids is 1. The number of amides is 2. The van der Waals surface area contributed by atoms with Crippen LogP contribution < -0.4 is 5.32 Å². The number of rotatable bonds is 5. The highest BCUT2D eigenvalue weighted by molar-refractivity contribution is 7.91. The molecule has 0 spiro atoms. The molecule has 1 saturated heterocycles. The first-order chi connectivity index (χ1) is 9.35. The number of aliphatic carboxylic acids is 1. The summed E-state index contributed by atoms with van der Waals surface area (Å²) in [7, 11) is -3.08. The van der Waals surface area contributed by atoms with Crippen LogP contribution in [0.1, 0.15) is 32.6 Å². The standard InChI is InChI=1S/C12H22N2O5S/c1-2-3-5-10(11(15)16)13-12(17)14-6-4-8-20(18,19)9-7-14/h10H,2-9H2,1H3,(H,13,17)(H,15,16)/t10-/m0/s1. The Hall–Kier alpha value is -1.31. The van der Waals surface area contributed by atoms with E-state index >= 15 is 0 Å². The van der Waals surface area contributed by atoms with E-state index in [2.05, 4.69) is 5.32 Å². The lowest BCUT2D eigenvalue weighted by Crippen LogP contribution is -2.48. The molecule has 0 aromatic rings. The Morgan fingerprint density at radius 3 is 2.60 bits per heavy atom. The second kappa shape index (κ2) is 7.47. The van der Waals surface area contributed by atoms with Gasteiger partial charge in [-0.3, -0.25) is 0 Å². The fourth-order valence-corrected chi connectivity index (χ4v) is 3.32. The maximum Gasteiger partial charge on any atom is 0.326 e. The fourth-order valence-electron chi connectivity index (χ4n) is 2.05. The molecule has 0 unspecified atom stereocenters. The lowest BCUT2D eigenvalue weighted by Gasteiger charge is -2.23. The molecule has 0 bridgehead atoms. The van der Waals surface area contributed by atoms with E-state index in [0.717, 1.165) is 6.42 Å². The molecule has 2 N–H and O–H groups in total. The van der Waals surface area contributed by atoms with E-state index in [9.17, 15) is 18.0 Å². The van der Waals surface area contributed by atoms with Crippen LogP contribution in [0.5, 0.6) is 0 Å². The number of nitrogens with one attached hydrogen (secondary N) is 1. The number of nitrogens with zero attached hydrogens (tertiary/aromatic N) is 1. The van der Waals surface area contributed by atoms with E-state index in [1.807, 2.05) is 6.92 Å². The van der Waals surface area contributed by atoms with Gasteiger partial charge in [0.15, 0.2) is 9.84 Å². The molecule has 2 amide bonds. The predicted molar refractivity (Wildman–Crippen MR) is 74.3 cm³/mol. The number of sulfone groups is 1. The number of urea groups is 1. The molecule has 1 fully saturated rings. The minimum Gasteiger partial charge on any atom is -0.480 e. The van der Waals surface area contributed by atoms with Gasteiger partial charge >= 0.3 is 12.0 Å². The van der Waals surface area contributed by atoms with Crippen LogP contribution in [-0.4, -0.2) is 61.1 Å². The van der Waals surface area contributed by atoms with Crippen molar-refractivity contribution < 1.29 is 23.1 Å². The molecule has 8 heteroatoms. The molecule has 7 nitrogen and oxygen atoms in total. The van der Waals surface area contributed by atoms with Crippen LogP contribution in [0.3, 0.4) is 0 Å². The summed E-state index contributed by atoms with van der Waals surface area (Å²) in [5.74, 6) is -1.04. The van der Waals surface area contributed by atoms with E-state index in [1.54, 1.807) is 0 Å². The Bertz CT molecular complexity index is 449. The smallest absolute Gasteiger partial charge is 0.326 e. The van der Waals surface area contributed by atoms with Crippen molar-refractivity contribution in [3.63, 3.8) is 0 Å². The van der Waals surface area contributed by atoms with Gasteiger partial charge in [-0.2, -0.15) is 0 Å². The average molecular weight is 306 g/mol. The molecule has 1 aliphatic rings. The summed E-state index contributed by atoms with van der Waals surface area (Å²) in [4.78, 5) is 24.4. The molecule has 1 heterocycles. The zero-order chi connectivity index (χ0) is 15.2. The van der Waals surface area contributed by atoms with Crippen molar-refractivity contribution in [3.8, 4) is 0 Å². The Balaban J connectivity index is 2.57. The van der Waals surface area contributed by atoms with E-state index in [4.69, 9.17) is 5.11 Å². The SMILES string of the molecule is CCCC[C@H](NC(=O)N1CCCS(=O)(=O)CC1)C(=O)O. The summed E-state index contributed by atoms with van der Waals surface area (Å²) in [6.45, 7) is 2.40. The van der Waals surface area contributed by atoms with Crippen LogP contribution in [0.2, 0.25) is 0 Å². The van der Waals surface area contributed by atoms with Gasteiger partial charge in [0.1, 0.15) is 6.04 Å². The fraction of sp³-hybridized carbons (Fsp3) is 0.833. The molecule has 0 aromatic heterocycles. The Labute approximate surface area is 119 Å². The highest BCUT2D eigenvalue weighted by Crippen LogP contribution is 2.07. The largest absolute Gasteiger partial charge is 0.480 e. The van der Waals surface area contributed by atoms with Gasteiger partial charge in [0.2, 0.25) is 0 Å². The van der Waals surface area contributed by atoms with Crippen molar-refractivity contribution in [2.75, 3.05) is 24.6 Å². The van der Waals surface area contributed by atoms with Crippen LogP contribution in [0.25, 0.3) is 0 Å². The first-order valence-corrected chi connectivity index (χ1v) is 8.66. The van der Waals surface area contributed by atoms with E-state index < -0.39 is 27.9 Å². The summed E-state index contributed by atoms with van der Waals surface area (Å²) in [6, 6.07) is -1.41. The quantitative estimate of drug-likeness (QED) is 0.768. The van der Waals surface area contributed by atoms with Gasteiger partial charge in [0, 0.05) is 13.1 Å². The maximum atomic E-state index is 12.0. The maximum absolute atomic E-state index is 12.0. The van der Waals surface area contributed by atoms with E-state index in [-0.39, 0.29) is 18.1 Å². The van der Waals surface area contributed by atoms with Gasteiger partial charge in [0.05, 0.1) is 11.5 Å². The topological polar surface area (TPSA) is 104 Å². The van der Waals surface area contributed by atoms with Gasteiger partial charge < -0.3 is 15.3 Å². The zero-order valence-electron chi connectivity index (χ0n) is 11.7. The molecular weight excluding hydrogens is 284 g/mol. The third-order valence-electron chi connectivity index (χ3n) is 3.28. The highest BCUT2D eigenvalue weighted by Gasteiger charge is 2.26. The summed E-state index contributed by atoms with van der Waals surface area (Å²) in [6.07, 6.45) is 2.33. The first kappa shape index (κ1) is 16.7. The van der Waals surface area contributed by atoms with Crippen LogP contribution in [0.4, 0.5) is 4.79 Å². The number of carboxylic acid groups (broad SMARTS) is 1. The van der Waals surface area contributed by atoms with E-state index in [1.165, 1.54) is 4.90 Å². The van der Waals surface area contributed by atoms with Crippen molar-refractivity contribution >= 4 is 21.8 Å². The summed E-state index contributed by atoms with van der Waals surface area (Å²) < 4.78 is 22.9. The van der Waals surface area contributed by atoms with Crippen molar-refractivity contribution in [3.05, 3.63) is 0 Å². The van der Waals surface area contributed by atoms with Gasteiger partial charge in [-0.15, -0.1) is 0 Å². The predicted octanol–water partition coefficient (Wildman–Crippen LogP) is 0.460. The summed E-state index contributed by atoms with van der Waals surface area (Å²) in [5.41, 5.74) is 0. The molecule has 1 atom stereocenters. The molecule has 0 aliphatic carbocycles. The molecule has 0 aromatic carbocycles. The molecule has 1 rings (SSSR count). The number of hydrogen-bond donors (Lipinski definition) is 2. The lowest BCUT2D eigenvalue weighted by molar-refractivity contribution is -0.139. The van der Waals surface area contributed by atoms with Crippen molar-refractivity contribution in [2.45, 2.75) is 38.6 Å². The Morgan fingerprint density at radius 1 is 1.30 bits per heavy atom. The monoisotopic (exact) mass is 306 g/mol. The first-order valence-electron chi connectivity index (χ1n) is 6.84. The third-order valence-corrected chi connectivity index (χ3v) is 5.00. The van der Waals surface area contributed by atoms with Crippen LogP contribution in [-0.2, 0) is 14.6 Å².